The van der Waals surface area contributed by atoms with E-state index in [1.165, 1.54) is 12.1 Å². The van der Waals surface area contributed by atoms with Crippen LogP contribution < -0.4 is 5.32 Å². The molecule has 0 spiro atoms. The van der Waals surface area contributed by atoms with E-state index in [1.807, 2.05) is 6.07 Å². The van der Waals surface area contributed by atoms with Gasteiger partial charge in [0.05, 0.1) is 6.61 Å². The first-order valence-corrected chi connectivity index (χ1v) is 5.89. The van der Waals surface area contributed by atoms with Crippen LogP contribution in [0.3, 0.4) is 0 Å². The van der Waals surface area contributed by atoms with Gasteiger partial charge in [0.1, 0.15) is 11.9 Å². The van der Waals surface area contributed by atoms with Crippen LogP contribution in [0.2, 0.25) is 0 Å². The van der Waals surface area contributed by atoms with Gasteiger partial charge in [0.2, 0.25) is 0 Å². The summed E-state index contributed by atoms with van der Waals surface area (Å²) in [4.78, 5) is 11.5. The van der Waals surface area contributed by atoms with Gasteiger partial charge >= 0.3 is 5.97 Å². The Kier molecular flexibility index (Phi) is 3.74. The molecule has 1 aliphatic heterocycles. The highest BCUT2D eigenvalue weighted by atomic mass is 19.1. The van der Waals surface area contributed by atoms with Crippen molar-refractivity contribution in [3.63, 3.8) is 0 Å². The number of hydrogen-bond donors (Lipinski definition) is 1. The van der Waals surface area contributed by atoms with Crippen molar-refractivity contribution in [2.45, 2.75) is 31.8 Å². The Labute approximate surface area is 100.0 Å². The van der Waals surface area contributed by atoms with Crippen LogP contribution in [0.4, 0.5) is 4.39 Å². The van der Waals surface area contributed by atoms with Gasteiger partial charge in [-0.1, -0.05) is 12.1 Å². The van der Waals surface area contributed by atoms with Crippen molar-refractivity contribution in [1.82, 2.24) is 5.32 Å². The second-order valence-corrected chi connectivity index (χ2v) is 4.16. The summed E-state index contributed by atoms with van der Waals surface area (Å²) in [5.41, 5.74) is 0.886. The SMILES string of the molecule is CCOC(=O)C1CCC(c2cccc(F)c2)N1. The molecule has 2 atom stereocenters. The molecule has 2 unspecified atom stereocenters. The first kappa shape index (κ1) is 12.0. The number of ether oxygens (including phenoxy) is 1. The highest BCUT2D eigenvalue weighted by molar-refractivity contribution is 5.76. The summed E-state index contributed by atoms with van der Waals surface area (Å²) < 4.78 is 18.0. The Bertz CT molecular complexity index is 408. The molecule has 1 aromatic carbocycles. The zero-order valence-electron chi connectivity index (χ0n) is 9.78. The smallest absolute Gasteiger partial charge is 0.323 e. The minimum absolute atomic E-state index is 0.0418. The lowest BCUT2D eigenvalue weighted by Gasteiger charge is -2.13. The first-order valence-electron chi connectivity index (χ1n) is 5.89. The molecule has 0 aliphatic carbocycles. The summed E-state index contributed by atoms with van der Waals surface area (Å²) in [5.74, 6) is -0.463. The molecule has 0 bridgehead atoms. The maximum atomic E-state index is 13.1. The van der Waals surface area contributed by atoms with Crippen molar-refractivity contribution in [2.75, 3.05) is 6.61 Å². The number of carbonyl (C=O) groups is 1. The Balaban J connectivity index is 2.00. The van der Waals surface area contributed by atoms with Crippen molar-refractivity contribution >= 4 is 5.97 Å². The van der Waals surface area contributed by atoms with Gasteiger partial charge in [-0.2, -0.15) is 0 Å². The van der Waals surface area contributed by atoms with Crippen molar-refractivity contribution < 1.29 is 13.9 Å². The summed E-state index contributed by atoms with van der Waals surface area (Å²) in [6.07, 6.45) is 1.56. The van der Waals surface area contributed by atoms with Crippen LogP contribution in [0.1, 0.15) is 31.4 Å². The summed E-state index contributed by atoms with van der Waals surface area (Å²) in [7, 11) is 0. The van der Waals surface area contributed by atoms with Crippen LogP contribution in [-0.2, 0) is 9.53 Å². The average molecular weight is 237 g/mol. The molecule has 1 N–H and O–H groups in total. The number of nitrogens with one attached hydrogen (secondary N) is 1. The molecule has 1 aliphatic rings. The van der Waals surface area contributed by atoms with Gasteiger partial charge in [0.15, 0.2) is 0 Å². The minimum atomic E-state index is -0.261. The third-order valence-corrected chi connectivity index (χ3v) is 2.97. The van der Waals surface area contributed by atoms with E-state index in [4.69, 9.17) is 4.74 Å². The number of hydrogen-bond acceptors (Lipinski definition) is 3. The van der Waals surface area contributed by atoms with Crippen LogP contribution in [-0.4, -0.2) is 18.6 Å². The summed E-state index contributed by atoms with van der Waals surface area (Å²) in [6.45, 7) is 2.18. The average Bonchev–Trinajstić information content (AvgIpc) is 2.78. The fourth-order valence-corrected chi connectivity index (χ4v) is 2.16. The zero-order chi connectivity index (χ0) is 12.3. The summed E-state index contributed by atoms with van der Waals surface area (Å²) in [6, 6.07) is 6.26. The Morgan fingerprint density at radius 1 is 1.53 bits per heavy atom. The molecule has 92 valence electrons. The number of benzene rings is 1. The number of rotatable bonds is 3. The van der Waals surface area contributed by atoms with Crippen LogP contribution in [0.15, 0.2) is 24.3 Å². The maximum absolute atomic E-state index is 13.1. The van der Waals surface area contributed by atoms with E-state index in [1.54, 1.807) is 13.0 Å². The molecule has 3 nitrogen and oxygen atoms in total. The standard InChI is InChI=1S/C13H16FNO2/c1-2-17-13(16)12-7-6-11(15-12)9-4-3-5-10(14)8-9/h3-5,8,11-12,15H,2,6-7H2,1H3. The zero-order valence-corrected chi connectivity index (χ0v) is 9.78. The lowest BCUT2D eigenvalue weighted by atomic mass is 10.1. The Morgan fingerprint density at radius 2 is 2.35 bits per heavy atom. The molecule has 17 heavy (non-hydrogen) atoms. The fraction of sp³-hybridized carbons (Fsp3) is 0.462. The molecule has 0 radical (unpaired) electrons. The van der Waals surface area contributed by atoms with Crippen LogP contribution >= 0.6 is 0 Å². The molecule has 0 aromatic heterocycles. The van der Waals surface area contributed by atoms with Crippen LogP contribution in [0, 0.1) is 5.82 Å². The van der Waals surface area contributed by atoms with Gasteiger partial charge in [-0.25, -0.2) is 4.39 Å². The van der Waals surface area contributed by atoms with E-state index in [9.17, 15) is 9.18 Å². The third kappa shape index (κ3) is 2.82. The number of carbonyl (C=O) groups excluding carboxylic acids is 1. The lowest BCUT2D eigenvalue weighted by Crippen LogP contribution is -2.33. The second-order valence-electron chi connectivity index (χ2n) is 4.16. The van der Waals surface area contributed by atoms with Gasteiger partial charge in [0, 0.05) is 6.04 Å². The Hall–Kier alpha value is -1.42. The highest BCUT2D eigenvalue weighted by Gasteiger charge is 2.30. The van der Waals surface area contributed by atoms with Gasteiger partial charge in [0.25, 0.3) is 0 Å². The van der Waals surface area contributed by atoms with E-state index in [2.05, 4.69) is 5.32 Å². The molecular weight excluding hydrogens is 221 g/mol. The quantitative estimate of drug-likeness (QED) is 0.819. The largest absolute Gasteiger partial charge is 0.465 e. The molecular formula is C13H16FNO2. The van der Waals surface area contributed by atoms with Crippen molar-refractivity contribution in [3.05, 3.63) is 35.6 Å². The molecule has 0 saturated carbocycles. The normalized spacial score (nSPS) is 23.6. The van der Waals surface area contributed by atoms with Crippen molar-refractivity contribution in [3.8, 4) is 0 Å². The van der Waals surface area contributed by atoms with Crippen molar-refractivity contribution in [2.24, 2.45) is 0 Å². The monoisotopic (exact) mass is 237 g/mol. The molecule has 1 saturated heterocycles. The molecule has 1 fully saturated rings. The van der Waals surface area contributed by atoms with Crippen LogP contribution in [0.25, 0.3) is 0 Å². The maximum Gasteiger partial charge on any atom is 0.323 e. The lowest BCUT2D eigenvalue weighted by molar-refractivity contribution is -0.145. The van der Waals surface area contributed by atoms with E-state index in [-0.39, 0.29) is 23.9 Å². The van der Waals surface area contributed by atoms with Gasteiger partial charge in [-0.15, -0.1) is 0 Å². The predicted octanol–water partition coefficient (Wildman–Crippen LogP) is 2.18. The highest BCUT2D eigenvalue weighted by Crippen LogP contribution is 2.27. The molecule has 2 rings (SSSR count). The van der Waals surface area contributed by atoms with Crippen molar-refractivity contribution in [1.29, 1.82) is 0 Å². The first-order chi connectivity index (χ1) is 8.20. The predicted molar refractivity (Wildman–Crippen MR) is 61.9 cm³/mol. The van der Waals surface area contributed by atoms with Gasteiger partial charge in [-0.3, -0.25) is 10.1 Å². The topological polar surface area (TPSA) is 38.3 Å². The molecule has 1 heterocycles. The molecule has 4 heteroatoms. The Morgan fingerprint density at radius 3 is 3.06 bits per heavy atom. The van der Waals surface area contributed by atoms with E-state index in [0.717, 1.165) is 18.4 Å². The second kappa shape index (κ2) is 5.27. The van der Waals surface area contributed by atoms with Crippen LogP contribution in [0.5, 0.6) is 0 Å². The minimum Gasteiger partial charge on any atom is -0.465 e. The van der Waals surface area contributed by atoms with E-state index < -0.39 is 0 Å². The fourth-order valence-electron chi connectivity index (χ4n) is 2.16. The summed E-state index contributed by atoms with van der Waals surface area (Å²) >= 11 is 0. The summed E-state index contributed by atoms with van der Waals surface area (Å²) in [5, 5.41) is 3.18. The van der Waals surface area contributed by atoms with E-state index in [0.29, 0.717) is 6.61 Å². The van der Waals surface area contributed by atoms with Gasteiger partial charge < -0.3 is 4.74 Å². The van der Waals surface area contributed by atoms with Gasteiger partial charge in [-0.05, 0) is 37.5 Å². The number of esters is 1. The third-order valence-electron chi connectivity index (χ3n) is 2.97. The number of halogens is 1. The van der Waals surface area contributed by atoms with E-state index >= 15 is 0 Å². The molecule has 0 amide bonds. The molecule has 1 aromatic rings.